The molecule has 1 aliphatic heterocycles. The van der Waals surface area contributed by atoms with E-state index in [9.17, 15) is 9.90 Å². The second kappa shape index (κ2) is 6.02. The number of nitrogens with zero attached hydrogens (tertiary/aromatic N) is 1. The molecule has 0 aromatic rings. The van der Waals surface area contributed by atoms with E-state index in [0.29, 0.717) is 19.5 Å². The van der Waals surface area contributed by atoms with Crippen molar-refractivity contribution in [1.29, 1.82) is 0 Å². The molecular formula is C14H26N2O2. The summed E-state index contributed by atoms with van der Waals surface area (Å²) in [5.41, 5.74) is -0.711. The number of β-amino-alcohol motifs (C(OH)–C–C–N with tert-alkyl or cyclic N) is 1. The summed E-state index contributed by atoms with van der Waals surface area (Å²) >= 11 is 0. The van der Waals surface area contributed by atoms with Crippen molar-refractivity contribution in [2.24, 2.45) is 5.92 Å². The lowest BCUT2D eigenvalue weighted by atomic mass is 10.0. The number of nitrogens with one attached hydrogen (secondary N) is 1. The zero-order chi connectivity index (χ0) is 13.0. The van der Waals surface area contributed by atoms with E-state index in [4.69, 9.17) is 0 Å². The SMILES string of the molecule is CN(CC1(O)CCNC1)C(=O)CCC1CCCC1. The van der Waals surface area contributed by atoms with Crippen LogP contribution in [0.25, 0.3) is 0 Å². The number of amides is 1. The fourth-order valence-corrected chi connectivity index (χ4v) is 3.21. The molecule has 1 atom stereocenters. The molecular weight excluding hydrogens is 228 g/mol. The fraction of sp³-hybridized carbons (Fsp3) is 0.929. The van der Waals surface area contributed by atoms with Gasteiger partial charge in [0.2, 0.25) is 5.91 Å². The molecule has 104 valence electrons. The van der Waals surface area contributed by atoms with E-state index >= 15 is 0 Å². The van der Waals surface area contributed by atoms with Crippen molar-refractivity contribution >= 4 is 5.91 Å². The van der Waals surface area contributed by atoms with Crippen molar-refractivity contribution in [3.8, 4) is 0 Å². The van der Waals surface area contributed by atoms with Crippen molar-refractivity contribution in [2.45, 2.75) is 50.5 Å². The smallest absolute Gasteiger partial charge is 0.222 e. The van der Waals surface area contributed by atoms with Crippen LogP contribution in [0.4, 0.5) is 0 Å². The topological polar surface area (TPSA) is 52.6 Å². The van der Waals surface area contributed by atoms with Gasteiger partial charge in [0.15, 0.2) is 0 Å². The van der Waals surface area contributed by atoms with Crippen LogP contribution in [0, 0.1) is 5.92 Å². The number of carbonyl (C=O) groups is 1. The molecule has 1 heterocycles. The maximum absolute atomic E-state index is 12.0. The molecule has 0 aromatic heterocycles. The van der Waals surface area contributed by atoms with Crippen LogP contribution < -0.4 is 5.32 Å². The minimum Gasteiger partial charge on any atom is -0.387 e. The first-order valence-electron chi connectivity index (χ1n) is 7.26. The maximum Gasteiger partial charge on any atom is 0.222 e. The molecule has 2 rings (SSSR count). The molecule has 1 aliphatic carbocycles. The third-order valence-corrected chi connectivity index (χ3v) is 4.42. The van der Waals surface area contributed by atoms with Gasteiger partial charge in [0, 0.05) is 20.0 Å². The Morgan fingerprint density at radius 1 is 1.44 bits per heavy atom. The number of hydrogen-bond acceptors (Lipinski definition) is 3. The van der Waals surface area contributed by atoms with E-state index in [-0.39, 0.29) is 5.91 Å². The fourth-order valence-electron chi connectivity index (χ4n) is 3.21. The molecule has 2 N–H and O–H groups in total. The molecule has 1 unspecified atom stereocenters. The van der Waals surface area contributed by atoms with Gasteiger partial charge in [-0.3, -0.25) is 4.79 Å². The van der Waals surface area contributed by atoms with Crippen LogP contribution in [0.1, 0.15) is 44.9 Å². The number of carbonyl (C=O) groups excluding carboxylic acids is 1. The van der Waals surface area contributed by atoms with Gasteiger partial charge < -0.3 is 15.3 Å². The summed E-state index contributed by atoms with van der Waals surface area (Å²) in [7, 11) is 1.81. The Labute approximate surface area is 110 Å². The van der Waals surface area contributed by atoms with Gasteiger partial charge in [0.05, 0.1) is 12.1 Å². The molecule has 1 saturated heterocycles. The summed E-state index contributed by atoms with van der Waals surface area (Å²) < 4.78 is 0. The molecule has 4 heteroatoms. The van der Waals surface area contributed by atoms with Gasteiger partial charge >= 0.3 is 0 Å². The molecule has 1 amide bonds. The van der Waals surface area contributed by atoms with Crippen molar-refractivity contribution in [2.75, 3.05) is 26.7 Å². The van der Waals surface area contributed by atoms with Crippen molar-refractivity contribution in [3.63, 3.8) is 0 Å². The normalized spacial score (nSPS) is 28.8. The van der Waals surface area contributed by atoms with E-state index in [2.05, 4.69) is 5.32 Å². The Morgan fingerprint density at radius 3 is 2.78 bits per heavy atom. The molecule has 1 saturated carbocycles. The van der Waals surface area contributed by atoms with E-state index < -0.39 is 5.60 Å². The molecule has 2 fully saturated rings. The van der Waals surface area contributed by atoms with E-state index in [0.717, 1.165) is 25.3 Å². The molecule has 2 aliphatic rings. The van der Waals surface area contributed by atoms with Gasteiger partial charge in [0.1, 0.15) is 0 Å². The standard InChI is InChI=1S/C14H26N2O2/c1-16(11-14(18)8-9-15-10-14)13(17)7-6-12-4-2-3-5-12/h12,15,18H,2-11H2,1H3. The highest BCUT2D eigenvalue weighted by molar-refractivity contribution is 5.75. The Kier molecular flexibility index (Phi) is 4.62. The summed E-state index contributed by atoms with van der Waals surface area (Å²) in [6.07, 6.45) is 7.67. The van der Waals surface area contributed by atoms with Crippen molar-refractivity contribution < 1.29 is 9.90 Å². The van der Waals surface area contributed by atoms with E-state index in [1.807, 2.05) is 7.05 Å². The summed E-state index contributed by atoms with van der Waals surface area (Å²) in [6, 6.07) is 0. The van der Waals surface area contributed by atoms with E-state index in [1.165, 1.54) is 25.7 Å². The Balaban J connectivity index is 1.70. The highest BCUT2D eigenvalue weighted by Gasteiger charge is 2.33. The lowest BCUT2D eigenvalue weighted by molar-refractivity contribution is -0.133. The molecule has 0 radical (unpaired) electrons. The van der Waals surface area contributed by atoms with Crippen LogP contribution in [0.3, 0.4) is 0 Å². The van der Waals surface area contributed by atoms with Crippen molar-refractivity contribution in [1.82, 2.24) is 10.2 Å². The van der Waals surface area contributed by atoms with Gasteiger partial charge in [-0.15, -0.1) is 0 Å². The first kappa shape index (κ1) is 13.8. The molecule has 0 bridgehead atoms. The summed E-state index contributed by atoms with van der Waals surface area (Å²) in [4.78, 5) is 13.7. The summed E-state index contributed by atoms with van der Waals surface area (Å²) in [5, 5.41) is 13.4. The Morgan fingerprint density at radius 2 is 2.17 bits per heavy atom. The Hall–Kier alpha value is -0.610. The molecule has 0 aromatic carbocycles. The third kappa shape index (κ3) is 3.69. The van der Waals surface area contributed by atoms with Gasteiger partial charge in [-0.2, -0.15) is 0 Å². The van der Waals surface area contributed by atoms with Crippen LogP contribution in [0.5, 0.6) is 0 Å². The van der Waals surface area contributed by atoms with Crippen molar-refractivity contribution in [3.05, 3.63) is 0 Å². The predicted octanol–water partition coefficient (Wildman–Crippen LogP) is 1.14. The van der Waals surface area contributed by atoms with Gasteiger partial charge in [-0.1, -0.05) is 25.7 Å². The van der Waals surface area contributed by atoms with Crippen LogP contribution in [0.15, 0.2) is 0 Å². The van der Waals surface area contributed by atoms with Crippen LogP contribution in [-0.2, 0) is 4.79 Å². The quantitative estimate of drug-likeness (QED) is 0.773. The second-order valence-corrected chi connectivity index (χ2v) is 6.09. The van der Waals surface area contributed by atoms with Gasteiger partial charge in [-0.25, -0.2) is 0 Å². The van der Waals surface area contributed by atoms with Gasteiger partial charge in [-0.05, 0) is 25.3 Å². The highest BCUT2D eigenvalue weighted by Crippen LogP contribution is 2.28. The average molecular weight is 254 g/mol. The maximum atomic E-state index is 12.0. The van der Waals surface area contributed by atoms with Crippen LogP contribution >= 0.6 is 0 Å². The zero-order valence-corrected chi connectivity index (χ0v) is 11.5. The summed E-state index contributed by atoms with van der Waals surface area (Å²) in [5.74, 6) is 0.945. The predicted molar refractivity (Wildman–Crippen MR) is 71.3 cm³/mol. The zero-order valence-electron chi connectivity index (χ0n) is 11.5. The Bertz CT molecular complexity index is 282. The highest BCUT2D eigenvalue weighted by atomic mass is 16.3. The average Bonchev–Trinajstić information content (AvgIpc) is 2.97. The van der Waals surface area contributed by atoms with E-state index in [1.54, 1.807) is 4.90 Å². The number of rotatable bonds is 5. The minimum atomic E-state index is -0.711. The van der Waals surface area contributed by atoms with Crippen LogP contribution in [0.2, 0.25) is 0 Å². The number of hydrogen-bond donors (Lipinski definition) is 2. The number of likely N-dealkylation sites (N-methyl/N-ethyl adjacent to an activating group) is 1. The third-order valence-electron chi connectivity index (χ3n) is 4.42. The molecule has 4 nitrogen and oxygen atoms in total. The minimum absolute atomic E-state index is 0.183. The largest absolute Gasteiger partial charge is 0.387 e. The first-order chi connectivity index (χ1) is 8.59. The molecule has 18 heavy (non-hydrogen) atoms. The first-order valence-corrected chi connectivity index (χ1v) is 7.26. The van der Waals surface area contributed by atoms with Crippen LogP contribution in [-0.4, -0.2) is 48.2 Å². The van der Waals surface area contributed by atoms with Gasteiger partial charge in [0.25, 0.3) is 0 Å². The number of aliphatic hydroxyl groups is 1. The lowest BCUT2D eigenvalue weighted by Gasteiger charge is -2.28. The second-order valence-electron chi connectivity index (χ2n) is 6.09. The summed E-state index contributed by atoms with van der Waals surface area (Å²) in [6.45, 7) is 1.91. The molecule has 0 spiro atoms. The lowest BCUT2D eigenvalue weighted by Crippen LogP contribution is -2.45. The monoisotopic (exact) mass is 254 g/mol.